The first-order valence-electron chi connectivity index (χ1n) is 5.53. The van der Waals surface area contributed by atoms with E-state index in [1.54, 1.807) is 0 Å². The number of benzene rings is 1. The molecule has 0 aliphatic heterocycles. The molecule has 1 heterocycles. The van der Waals surface area contributed by atoms with Gasteiger partial charge in [0.15, 0.2) is 5.76 Å². The monoisotopic (exact) mass is 287 g/mol. The molecule has 0 fully saturated rings. The molecule has 0 unspecified atom stereocenters. The van der Waals surface area contributed by atoms with E-state index in [1.165, 1.54) is 12.1 Å². The van der Waals surface area contributed by atoms with Crippen molar-refractivity contribution in [3.63, 3.8) is 0 Å². The van der Waals surface area contributed by atoms with Gasteiger partial charge in [0.25, 0.3) is 0 Å². The second-order valence-electron chi connectivity index (χ2n) is 3.99. The van der Waals surface area contributed by atoms with Gasteiger partial charge in [-0.3, -0.25) is 4.79 Å². The largest absolute Gasteiger partial charge is 0.456 e. The number of hydrogen-bond donors (Lipinski definition) is 1. The first-order chi connectivity index (χ1) is 9.32. The zero-order chi connectivity index (χ0) is 14.9. The lowest BCUT2D eigenvalue weighted by molar-refractivity contribution is -0.140. The van der Waals surface area contributed by atoms with Crippen LogP contribution in [0, 0.1) is 5.82 Å². The van der Waals surface area contributed by atoms with E-state index in [2.05, 4.69) is 0 Å². The Bertz CT molecular complexity index is 646. The minimum atomic E-state index is -4.80. The van der Waals surface area contributed by atoms with Crippen LogP contribution in [0.4, 0.5) is 17.6 Å². The lowest BCUT2D eigenvalue weighted by Gasteiger charge is -2.08. The van der Waals surface area contributed by atoms with Crippen LogP contribution in [-0.4, -0.2) is 5.78 Å². The first-order valence-corrected chi connectivity index (χ1v) is 5.53. The Labute approximate surface area is 111 Å². The summed E-state index contributed by atoms with van der Waals surface area (Å²) in [6.45, 7) is 0.0780. The van der Waals surface area contributed by atoms with Gasteiger partial charge in [-0.1, -0.05) is 6.07 Å². The zero-order valence-electron chi connectivity index (χ0n) is 10.00. The fourth-order valence-electron chi connectivity index (χ4n) is 1.64. The molecule has 0 radical (unpaired) electrons. The summed E-state index contributed by atoms with van der Waals surface area (Å²) in [7, 11) is 0. The van der Waals surface area contributed by atoms with Gasteiger partial charge < -0.3 is 10.2 Å². The molecule has 0 atom stereocenters. The van der Waals surface area contributed by atoms with Crippen LogP contribution in [-0.2, 0) is 12.7 Å². The highest BCUT2D eigenvalue weighted by molar-refractivity contribution is 6.07. The van der Waals surface area contributed by atoms with Crippen molar-refractivity contribution in [3.05, 3.63) is 58.8 Å². The second-order valence-corrected chi connectivity index (χ2v) is 3.99. The molecule has 20 heavy (non-hydrogen) atoms. The number of ketones is 1. The van der Waals surface area contributed by atoms with Crippen molar-refractivity contribution in [1.82, 2.24) is 0 Å². The fraction of sp³-hybridized carbons (Fsp3) is 0.154. The number of halogens is 4. The summed E-state index contributed by atoms with van der Waals surface area (Å²) in [5, 5.41) is 0. The van der Waals surface area contributed by atoms with E-state index in [0.29, 0.717) is 17.9 Å². The molecule has 2 aromatic rings. The zero-order valence-corrected chi connectivity index (χ0v) is 10.00. The number of carbonyl (C=O) groups is 1. The number of nitrogens with two attached hydrogens (primary N) is 1. The molecular formula is C13H9F4NO2. The molecule has 0 spiro atoms. The number of rotatable bonds is 3. The summed E-state index contributed by atoms with van der Waals surface area (Å²) in [5.41, 5.74) is 3.66. The lowest BCUT2D eigenvalue weighted by Crippen LogP contribution is -2.10. The summed E-state index contributed by atoms with van der Waals surface area (Å²) in [6, 6.07) is 4.76. The van der Waals surface area contributed by atoms with Crippen molar-refractivity contribution < 1.29 is 26.8 Å². The van der Waals surface area contributed by atoms with Crippen molar-refractivity contribution in [2.24, 2.45) is 5.73 Å². The Balaban J connectivity index is 2.34. The molecule has 0 amide bonds. The quantitative estimate of drug-likeness (QED) is 0.697. The van der Waals surface area contributed by atoms with Gasteiger partial charge in [-0.25, -0.2) is 4.39 Å². The Kier molecular flexibility index (Phi) is 3.63. The highest BCUT2D eigenvalue weighted by atomic mass is 19.4. The smallest absolute Gasteiger partial charge is 0.419 e. The first kappa shape index (κ1) is 14.3. The SMILES string of the molecule is NCc1ccc(C(=O)c2ccc(C(F)(F)F)c(F)c2)o1. The summed E-state index contributed by atoms with van der Waals surface area (Å²) >= 11 is 0. The van der Waals surface area contributed by atoms with E-state index >= 15 is 0 Å². The molecule has 2 rings (SSSR count). The van der Waals surface area contributed by atoms with Gasteiger partial charge in [-0.05, 0) is 24.3 Å². The molecule has 106 valence electrons. The molecular weight excluding hydrogens is 278 g/mol. The van der Waals surface area contributed by atoms with Gasteiger partial charge in [-0.15, -0.1) is 0 Å². The van der Waals surface area contributed by atoms with Gasteiger partial charge in [0.1, 0.15) is 11.6 Å². The van der Waals surface area contributed by atoms with E-state index in [0.717, 1.165) is 6.07 Å². The minimum Gasteiger partial charge on any atom is -0.456 e. The maximum absolute atomic E-state index is 13.4. The average Bonchev–Trinajstić information content (AvgIpc) is 2.85. The van der Waals surface area contributed by atoms with Gasteiger partial charge in [0, 0.05) is 5.56 Å². The Morgan fingerprint density at radius 2 is 1.90 bits per heavy atom. The third kappa shape index (κ3) is 2.72. The molecule has 3 nitrogen and oxygen atoms in total. The van der Waals surface area contributed by atoms with E-state index in [9.17, 15) is 22.4 Å². The van der Waals surface area contributed by atoms with E-state index in [-0.39, 0.29) is 17.9 Å². The maximum Gasteiger partial charge on any atom is 0.419 e. The molecule has 0 saturated heterocycles. The Morgan fingerprint density at radius 1 is 1.20 bits per heavy atom. The molecule has 0 bridgehead atoms. The van der Waals surface area contributed by atoms with Crippen LogP contribution in [0.25, 0.3) is 0 Å². The molecule has 7 heteroatoms. The van der Waals surface area contributed by atoms with Gasteiger partial charge >= 0.3 is 6.18 Å². The van der Waals surface area contributed by atoms with Gasteiger partial charge in [0.05, 0.1) is 12.1 Å². The van der Waals surface area contributed by atoms with Gasteiger partial charge in [0.2, 0.25) is 5.78 Å². The summed E-state index contributed by atoms with van der Waals surface area (Å²) in [4.78, 5) is 11.9. The molecule has 1 aromatic heterocycles. The van der Waals surface area contributed by atoms with Crippen molar-refractivity contribution in [1.29, 1.82) is 0 Å². The van der Waals surface area contributed by atoms with Gasteiger partial charge in [-0.2, -0.15) is 13.2 Å². The number of alkyl halides is 3. The maximum atomic E-state index is 13.4. The summed E-state index contributed by atoms with van der Waals surface area (Å²) in [5.74, 6) is -1.98. The molecule has 1 aromatic carbocycles. The highest BCUT2D eigenvalue weighted by Crippen LogP contribution is 2.31. The standard InChI is InChI=1S/C13H9F4NO2/c14-10-5-7(1-3-9(10)13(15,16)17)12(19)11-4-2-8(6-18)20-11/h1-5H,6,18H2. The molecule has 0 aliphatic carbocycles. The Hall–Kier alpha value is -2.15. The summed E-state index contributed by atoms with van der Waals surface area (Å²) in [6.07, 6.45) is -4.80. The predicted molar refractivity (Wildman–Crippen MR) is 61.4 cm³/mol. The molecule has 0 aliphatic rings. The van der Waals surface area contributed by atoms with Crippen LogP contribution >= 0.6 is 0 Å². The third-order valence-corrected chi connectivity index (χ3v) is 2.62. The minimum absolute atomic E-state index is 0.0780. The van der Waals surface area contributed by atoms with Crippen LogP contribution in [0.1, 0.15) is 27.4 Å². The number of carbonyl (C=O) groups excluding carboxylic acids is 1. The molecule has 0 saturated carbocycles. The van der Waals surface area contributed by atoms with Crippen LogP contribution in [0.5, 0.6) is 0 Å². The third-order valence-electron chi connectivity index (χ3n) is 2.62. The lowest BCUT2D eigenvalue weighted by atomic mass is 10.1. The predicted octanol–water partition coefficient (Wildman–Crippen LogP) is 3.13. The van der Waals surface area contributed by atoms with Crippen LogP contribution < -0.4 is 5.73 Å². The normalized spacial score (nSPS) is 11.7. The fourth-order valence-corrected chi connectivity index (χ4v) is 1.64. The topological polar surface area (TPSA) is 56.2 Å². The van der Waals surface area contributed by atoms with Crippen molar-refractivity contribution in [2.45, 2.75) is 12.7 Å². The molecule has 2 N–H and O–H groups in total. The van der Waals surface area contributed by atoms with Crippen molar-refractivity contribution in [3.8, 4) is 0 Å². The van der Waals surface area contributed by atoms with E-state index < -0.39 is 23.3 Å². The Morgan fingerprint density at radius 3 is 2.40 bits per heavy atom. The van der Waals surface area contributed by atoms with Crippen molar-refractivity contribution >= 4 is 5.78 Å². The highest BCUT2D eigenvalue weighted by Gasteiger charge is 2.34. The summed E-state index contributed by atoms with van der Waals surface area (Å²) < 4.78 is 55.6. The number of furan rings is 1. The number of hydrogen-bond acceptors (Lipinski definition) is 3. The van der Waals surface area contributed by atoms with E-state index in [4.69, 9.17) is 10.2 Å². The average molecular weight is 287 g/mol. The van der Waals surface area contributed by atoms with Crippen LogP contribution in [0.2, 0.25) is 0 Å². The van der Waals surface area contributed by atoms with Crippen LogP contribution in [0.15, 0.2) is 34.7 Å². The van der Waals surface area contributed by atoms with Crippen molar-refractivity contribution in [2.75, 3.05) is 0 Å². The van der Waals surface area contributed by atoms with Crippen LogP contribution in [0.3, 0.4) is 0 Å². The van der Waals surface area contributed by atoms with E-state index in [1.807, 2.05) is 0 Å². The second kappa shape index (κ2) is 5.09.